The van der Waals surface area contributed by atoms with Crippen LogP contribution in [0.15, 0.2) is 29.8 Å². The number of non-ortho nitro benzene ring substituents is 1. The molecule has 1 aromatic carbocycles. The van der Waals surface area contributed by atoms with Crippen LogP contribution in [0.25, 0.3) is 6.08 Å². The highest BCUT2D eigenvalue weighted by atomic mass is 16.6. The van der Waals surface area contributed by atoms with Gasteiger partial charge in [-0.1, -0.05) is 19.8 Å². The van der Waals surface area contributed by atoms with Crippen LogP contribution < -0.4 is 5.32 Å². The van der Waals surface area contributed by atoms with E-state index >= 15 is 0 Å². The van der Waals surface area contributed by atoms with Gasteiger partial charge in [-0.2, -0.15) is 5.26 Å². The van der Waals surface area contributed by atoms with Gasteiger partial charge in [-0.15, -0.1) is 0 Å². The number of rotatable bonds is 4. The maximum Gasteiger partial charge on any atom is 0.269 e. The third kappa shape index (κ3) is 4.39. The predicted molar refractivity (Wildman–Crippen MR) is 86.2 cm³/mol. The van der Waals surface area contributed by atoms with Crippen molar-refractivity contribution in [2.75, 3.05) is 0 Å². The van der Waals surface area contributed by atoms with Crippen LogP contribution in [0.5, 0.6) is 0 Å². The second kappa shape index (κ2) is 7.54. The Balaban J connectivity index is 2.10. The van der Waals surface area contributed by atoms with Crippen LogP contribution in [0.2, 0.25) is 0 Å². The van der Waals surface area contributed by atoms with Gasteiger partial charge in [0.15, 0.2) is 0 Å². The van der Waals surface area contributed by atoms with Crippen LogP contribution in [0.4, 0.5) is 5.69 Å². The summed E-state index contributed by atoms with van der Waals surface area (Å²) in [6.07, 6.45) is 5.73. The second-order valence-corrected chi connectivity index (χ2v) is 5.86. The van der Waals surface area contributed by atoms with Crippen LogP contribution >= 0.6 is 0 Å². The standard InChI is InChI=1S/C17H19N3O3/c1-12-4-2-3-5-16(12)19-17(21)14(11-18)10-13-6-8-15(9-7-13)20(22)23/h6-10,12,16H,2-5H2,1H3,(H,19,21)/b14-10+/t12-,16-/m0/s1. The van der Waals surface area contributed by atoms with Crippen molar-refractivity contribution >= 4 is 17.7 Å². The van der Waals surface area contributed by atoms with Gasteiger partial charge in [0.1, 0.15) is 11.6 Å². The molecule has 1 aliphatic carbocycles. The van der Waals surface area contributed by atoms with E-state index in [-0.39, 0.29) is 23.2 Å². The van der Waals surface area contributed by atoms with Gasteiger partial charge in [0.2, 0.25) is 0 Å². The number of nitriles is 1. The molecule has 0 radical (unpaired) electrons. The fraction of sp³-hybridized carbons (Fsp3) is 0.412. The molecule has 23 heavy (non-hydrogen) atoms. The van der Waals surface area contributed by atoms with E-state index in [2.05, 4.69) is 12.2 Å². The molecule has 1 aromatic rings. The fourth-order valence-corrected chi connectivity index (χ4v) is 2.78. The Labute approximate surface area is 135 Å². The molecule has 0 aromatic heterocycles. The number of nitrogens with zero attached hydrogens (tertiary/aromatic N) is 2. The van der Waals surface area contributed by atoms with Crippen molar-refractivity contribution in [3.05, 3.63) is 45.5 Å². The zero-order valence-corrected chi connectivity index (χ0v) is 13.0. The first-order valence-electron chi connectivity index (χ1n) is 7.68. The first-order valence-corrected chi connectivity index (χ1v) is 7.68. The van der Waals surface area contributed by atoms with Crippen LogP contribution in [0.3, 0.4) is 0 Å². The molecular weight excluding hydrogens is 294 g/mol. The Morgan fingerprint density at radius 1 is 1.35 bits per heavy atom. The topological polar surface area (TPSA) is 96.0 Å². The van der Waals surface area contributed by atoms with E-state index in [0.717, 1.165) is 19.3 Å². The van der Waals surface area contributed by atoms with Crippen molar-refractivity contribution in [2.45, 2.75) is 38.6 Å². The summed E-state index contributed by atoms with van der Waals surface area (Å²) in [5, 5.41) is 22.8. The van der Waals surface area contributed by atoms with E-state index in [9.17, 15) is 20.2 Å². The molecule has 0 bridgehead atoms. The highest BCUT2D eigenvalue weighted by molar-refractivity contribution is 6.01. The molecule has 1 aliphatic rings. The molecule has 1 fully saturated rings. The van der Waals surface area contributed by atoms with Crippen molar-refractivity contribution in [1.82, 2.24) is 5.32 Å². The molecule has 0 unspecified atom stereocenters. The normalized spacial score (nSPS) is 21.3. The SMILES string of the molecule is C[C@H]1CCCC[C@@H]1NC(=O)/C(C#N)=C/c1ccc([N+](=O)[O-])cc1. The zero-order valence-electron chi connectivity index (χ0n) is 13.0. The lowest BCUT2D eigenvalue weighted by Crippen LogP contribution is -2.41. The number of amides is 1. The van der Waals surface area contributed by atoms with Crippen LogP contribution in [-0.2, 0) is 4.79 Å². The van der Waals surface area contributed by atoms with E-state index in [4.69, 9.17) is 0 Å². The Morgan fingerprint density at radius 2 is 2.00 bits per heavy atom. The smallest absolute Gasteiger partial charge is 0.269 e. The van der Waals surface area contributed by atoms with E-state index in [1.807, 2.05) is 6.07 Å². The maximum atomic E-state index is 12.3. The van der Waals surface area contributed by atoms with Crippen LogP contribution in [-0.4, -0.2) is 16.9 Å². The Kier molecular flexibility index (Phi) is 5.47. The minimum atomic E-state index is -0.490. The molecule has 1 amide bonds. The number of carbonyl (C=O) groups is 1. The third-order valence-electron chi connectivity index (χ3n) is 4.21. The summed E-state index contributed by atoms with van der Waals surface area (Å²) in [5.41, 5.74) is 0.566. The molecule has 1 saturated carbocycles. The Hall–Kier alpha value is -2.68. The number of benzene rings is 1. The van der Waals surface area contributed by atoms with Crippen molar-refractivity contribution in [1.29, 1.82) is 5.26 Å². The second-order valence-electron chi connectivity index (χ2n) is 5.86. The number of nitro benzene ring substituents is 1. The van der Waals surface area contributed by atoms with Gasteiger partial charge >= 0.3 is 0 Å². The lowest BCUT2D eigenvalue weighted by atomic mass is 9.86. The molecule has 2 atom stereocenters. The molecule has 2 rings (SSSR count). The molecule has 6 nitrogen and oxygen atoms in total. The zero-order chi connectivity index (χ0) is 16.8. The van der Waals surface area contributed by atoms with E-state index in [0.29, 0.717) is 11.5 Å². The molecule has 120 valence electrons. The Morgan fingerprint density at radius 3 is 2.57 bits per heavy atom. The summed E-state index contributed by atoms with van der Waals surface area (Å²) in [6, 6.07) is 7.75. The Bertz CT molecular complexity index is 659. The molecule has 0 saturated heterocycles. The fourth-order valence-electron chi connectivity index (χ4n) is 2.78. The summed E-state index contributed by atoms with van der Waals surface area (Å²) in [6.45, 7) is 2.11. The van der Waals surface area contributed by atoms with Crippen LogP contribution in [0.1, 0.15) is 38.2 Å². The number of carbonyl (C=O) groups excluding carboxylic acids is 1. The maximum absolute atomic E-state index is 12.3. The molecule has 0 spiro atoms. The lowest BCUT2D eigenvalue weighted by molar-refractivity contribution is -0.384. The predicted octanol–water partition coefficient (Wildman–Crippen LogP) is 3.20. The average molecular weight is 313 g/mol. The molecule has 0 heterocycles. The quantitative estimate of drug-likeness (QED) is 0.399. The molecule has 1 N–H and O–H groups in total. The first-order chi connectivity index (χ1) is 11.0. The number of nitro groups is 1. The monoisotopic (exact) mass is 313 g/mol. The van der Waals surface area contributed by atoms with Gasteiger partial charge in [-0.3, -0.25) is 14.9 Å². The van der Waals surface area contributed by atoms with Crippen molar-refractivity contribution in [2.24, 2.45) is 5.92 Å². The summed E-state index contributed by atoms with van der Waals surface area (Å²) in [5.74, 6) is 0.0246. The summed E-state index contributed by atoms with van der Waals surface area (Å²) < 4.78 is 0. The van der Waals surface area contributed by atoms with Crippen LogP contribution in [0, 0.1) is 27.4 Å². The van der Waals surface area contributed by atoms with E-state index < -0.39 is 4.92 Å². The lowest BCUT2D eigenvalue weighted by Gasteiger charge is -2.29. The molecule has 0 aliphatic heterocycles. The van der Waals surface area contributed by atoms with Gasteiger partial charge in [0.05, 0.1) is 4.92 Å². The summed E-state index contributed by atoms with van der Waals surface area (Å²) >= 11 is 0. The highest BCUT2D eigenvalue weighted by Crippen LogP contribution is 2.24. The van der Waals surface area contributed by atoms with Gasteiger partial charge in [0.25, 0.3) is 11.6 Å². The van der Waals surface area contributed by atoms with E-state index in [1.165, 1.54) is 36.8 Å². The number of hydrogen-bond acceptors (Lipinski definition) is 4. The van der Waals surface area contributed by atoms with Crippen molar-refractivity contribution < 1.29 is 9.72 Å². The minimum absolute atomic E-state index is 0.0108. The highest BCUT2D eigenvalue weighted by Gasteiger charge is 2.24. The summed E-state index contributed by atoms with van der Waals surface area (Å²) in [4.78, 5) is 22.4. The molecular formula is C17H19N3O3. The van der Waals surface area contributed by atoms with Crippen molar-refractivity contribution in [3.8, 4) is 6.07 Å². The van der Waals surface area contributed by atoms with E-state index in [1.54, 1.807) is 0 Å². The van der Waals surface area contributed by atoms with Gasteiger partial charge in [-0.05, 0) is 42.5 Å². The third-order valence-corrected chi connectivity index (χ3v) is 4.21. The largest absolute Gasteiger partial charge is 0.348 e. The number of nitrogens with one attached hydrogen (secondary N) is 1. The van der Waals surface area contributed by atoms with Gasteiger partial charge < -0.3 is 5.32 Å². The number of hydrogen-bond donors (Lipinski definition) is 1. The minimum Gasteiger partial charge on any atom is -0.348 e. The van der Waals surface area contributed by atoms with Crippen molar-refractivity contribution in [3.63, 3.8) is 0 Å². The summed E-state index contributed by atoms with van der Waals surface area (Å²) in [7, 11) is 0. The average Bonchev–Trinajstić information content (AvgIpc) is 2.55. The van der Waals surface area contributed by atoms with Gasteiger partial charge in [0, 0.05) is 18.2 Å². The first kappa shape index (κ1) is 16.7. The van der Waals surface area contributed by atoms with Gasteiger partial charge in [-0.25, -0.2) is 0 Å². The molecule has 6 heteroatoms.